The summed E-state index contributed by atoms with van der Waals surface area (Å²) in [6.07, 6.45) is 5.90. The number of carbonyl (C=O) groups excluding carboxylic acids is 1. The van der Waals surface area contributed by atoms with Gasteiger partial charge in [0.2, 0.25) is 0 Å². The number of carbonyl (C=O) groups is 1. The van der Waals surface area contributed by atoms with Gasteiger partial charge in [-0.2, -0.15) is 5.10 Å². The third-order valence-corrected chi connectivity index (χ3v) is 4.97. The van der Waals surface area contributed by atoms with E-state index >= 15 is 0 Å². The maximum atomic E-state index is 12.1. The number of hydrogen-bond donors (Lipinski definition) is 1. The van der Waals surface area contributed by atoms with Crippen molar-refractivity contribution in [1.29, 1.82) is 0 Å². The second kappa shape index (κ2) is 7.39. The number of methoxy groups -OCH3 is 1. The molecule has 152 valence electrons. The van der Waals surface area contributed by atoms with Crippen molar-refractivity contribution in [2.24, 2.45) is 0 Å². The lowest BCUT2D eigenvalue weighted by molar-refractivity contribution is 0.0500. The van der Waals surface area contributed by atoms with E-state index in [1.54, 1.807) is 13.3 Å². The number of hydrogen-bond acceptors (Lipinski definition) is 5. The van der Waals surface area contributed by atoms with Crippen LogP contribution in [0.5, 0.6) is 5.75 Å². The predicted molar refractivity (Wildman–Crippen MR) is 111 cm³/mol. The molecular weight excluding hydrogens is 368 g/mol. The fraction of sp³-hybridized carbons (Fsp3) is 0.409. The summed E-state index contributed by atoms with van der Waals surface area (Å²) in [5.41, 5.74) is 3.56. The highest BCUT2D eigenvalue weighted by atomic mass is 16.6. The molecule has 1 atom stereocenters. The second-order valence-electron chi connectivity index (χ2n) is 8.34. The van der Waals surface area contributed by atoms with Gasteiger partial charge < -0.3 is 14.8 Å². The van der Waals surface area contributed by atoms with E-state index < -0.39 is 5.60 Å². The Balaban J connectivity index is 1.58. The quantitative estimate of drug-likeness (QED) is 0.731. The molecule has 7 nitrogen and oxygen atoms in total. The minimum Gasteiger partial charge on any atom is -0.497 e. The Bertz CT molecular complexity index is 1050. The molecule has 1 unspecified atom stereocenters. The van der Waals surface area contributed by atoms with Gasteiger partial charge in [-0.3, -0.25) is 4.98 Å². The van der Waals surface area contributed by atoms with Crippen LogP contribution in [0.3, 0.4) is 0 Å². The highest BCUT2D eigenvalue weighted by Crippen LogP contribution is 2.27. The Morgan fingerprint density at radius 2 is 2.10 bits per heavy atom. The monoisotopic (exact) mass is 394 g/mol. The van der Waals surface area contributed by atoms with Crippen LogP contribution in [0.1, 0.15) is 38.4 Å². The van der Waals surface area contributed by atoms with Gasteiger partial charge in [-0.15, -0.1) is 0 Å². The summed E-state index contributed by atoms with van der Waals surface area (Å²) < 4.78 is 12.7. The first-order valence-electron chi connectivity index (χ1n) is 9.82. The fourth-order valence-corrected chi connectivity index (χ4v) is 3.65. The van der Waals surface area contributed by atoms with Crippen molar-refractivity contribution in [3.63, 3.8) is 0 Å². The lowest BCUT2D eigenvalue weighted by Crippen LogP contribution is -2.41. The van der Waals surface area contributed by atoms with Crippen LogP contribution in [0, 0.1) is 0 Å². The van der Waals surface area contributed by atoms with Crippen molar-refractivity contribution in [3.8, 4) is 11.4 Å². The van der Waals surface area contributed by atoms with Gasteiger partial charge in [0.15, 0.2) is 0 Å². The maximum absolute atomic E-state index is 12.1. The molecule has 1 aromatic carbocycles. The molecule has 1 N–H and O–H groups in total. The van der Waals surface area contributed by atoms with Gasteiger partial charge in [0.1, 0.15) is 11.4 Å². The number of ether oxygens (including phenoxy) is 2. The Morgan fingerprint density at radius 3 is 2.86 bits per heavy atom. The number of rotatable bonds is 3. The Labute approximate surface area is 170 Å². The highest BCUT2D eigenvalue weighted by Gasteiger charge is 2.25. The number of amides is 1. The molecule has 1 aliphatic carbocycles. The molecule has 1 aliphatic rings. The van der Waals surface area contributed by atoms with Crippen molar-refractivity contribution in [2.45, 2.75) is 51.7 Å². The molecule has 0 saturated heterocycles. The van der Waals surface area contributed by atoms with E-state index in [1.807, 2.05) is 49.7 Å². The molecule has 0 radical (unpaired) electrons. The average Bonchev–Trinajstić information content (AvgIpc) is 3.08. The molecule has 29 heavy (non-hydrogen) atoms. The number of aryl methyl sites for hydroxylation is 1. The van der Waals surface area contributed by atoms with Gasteiger partial charge in [0.25, 0.3) is 0 Å². The minimum absolute atomic E-state index is 0.0231. The largest absolute Gasteiger partial charge is 0.497 e. The smallest absolute Gasteiger partial charge is 0.407 e. The van der Waals surface area contributed by atoms with Crippen molar-refractivity contribution >= 4 is 17.0 Å². The van der Waals surface area contributed by atoms with Crippen molar-refractivity contribution in [1.82, 2.24) is 20.1 Å². The number of aromatic nitrogens is 3. The van der Waals surface area contributed by atoms with Gasteiger partial charge in [0.05, 0.1) is 24.0 Å². The number of nitrogens with one attached hydrogen (secondary N) is 1. The van der Waals surface area contributed by atoms with E-state index in [0.717, 1.165) is 40.9 Å². The molecule has 0 bridgehead atoms. The zero-order valence-corrected chi connectivity index (χ0v) is 17.2. The van der Waals surface area contributed by atoms with Crippen LogP contribution in [-0.4, -0.2) is 39.6 Å². The Kier molecular flexibility index (Phi) is 4.90. The summed E-state index contributed by atoms with van der Waals surface area (Å²) in [6.45, 7) is 5.59. The van der Waals surface area contributed by atoms with E-state index in [0.29, 0.717) is 6.42 Å². The van der Waals surface area contributed by atoms with E-state index in [4.69, 9.17) is 14.6 Å². The maximum Gasteiger partial charge on any atom is 0.407 e. The zero-order chi connectivity index (χ0) is 20.6. The van der Waals surface area contributed by atoms with E-state index in [9.17, 15) is 4.79 Å². The molecule has 3 aromatic rings. The van der Waals surface area contributed by atoms with Crippen LogP contribution in [0.4, 0.5) is 4.79 Å². The lowest BCUT2D eigenvalue weighted by atomic mass is 9.94. The van der Waals surface area contributed by atoms with Crippen LogP contribution in [0.15, 0.2) is 36.7 Å². The first-order chi connectivity index (χ1) is 13.8. The predicted octanol–water partition coefficient (Wildman–Crippen LogP) is 3.81. The molecule has 0 fully saturated rings. The van der Waals surface area contributed by atoms with Gasteiger partial charge in [-0.1, -0.05) is 0 Å². The Hall–Kier alpha value is -3.09. The van der Waals surface area contributed by atoms with Crippen molar-refractivity contribution in [2.75, 3.05) is 7.11 Å². The van der Waals surface area contributed by atoms with E-state index in [-0.39, 0.29) is 12.1 Å². The summed E-state index contributed by atoms with van der Waals surface area (Å²) in [5, 5.41) is 8.77. The lowest BCUT2D eigenvalue weighted by Gasteiger charge is -2.25. The van der Waals surface area contributed by atoms with Gasteiger partial charge in [0, 0.05) is 30.2 Å². The molecular formula is C22H26N4O3. The summed E-state index contributed by atoms with van der Waals surface area (Å²) >= 11 is 0. The first kappa shape index (κ1) is 19.2. The zero-order valence-electron chi connectivity index (χ0n) is 17.2. The molecule has 2 aromatic heterocycles. The van der Waals surface area contributed by atoms with Crippen LogP contribution >= 0.6 is 0 Å². The summed E-state index contributed by atoms with van der Waals surface area (Å²) in [7, 11) is 1.65. The minimum atomic E-state index is -0.505. The summed E-state index contributed by atoms with van der Waals surface area (Å²) in [5.74, 6) is 0.783. The topological polar surface area (TPSA) is 78.3 Å². The number of nitrogens with zero attached hydrogens (tertiary/aromatic N) is 3. The number of fused-ring (bicyclic) bond motifs is 2. The summed E-state index contributed by atoms with van der Waals surface area (Å²) in [6, 6.07) is 7.80. The standard InChI is InChI=1S/C22H26N4O3/c1-22(2,3)29-21(27)24-15-6-5-14-13-26(25-19(14)11-15)20-9-10-23-18-8-7-16(28-4)12-17(18)20/h7-10,12-13,15H,5-6,11H2,1-4H3,(H,24,27). The molecule has 0 saturated carbocycles. The highest BCUT2D eigenvalue weighted by molar-refractivity contribution is 5.88. The van der Waals surface area contributed by atoms with Crippen LogP contribution in [0.25, 0.3) is 16.6 Å². The number of benzene rings is 1. The second-order valence-corrected chi connectivity index (χ2v) is 8.34. The number of pyridine rings is 1. The van der Waals surface area contributed by atoms with Crippen LogP contribution < -0.4 is 10.1 Å². The SMILES string of the molecule is COc1ccc2nccc(-n3cc4c(n3)CC(NC(=O)OC(C)(C)C)CC4)c2c1. The third-order valence-electron chi connectivity index (χ3n) is 4.97. The fourth-order valence-electron chi connectivity index (χ4n) is 3.65. The number of alkyl carbamates (subject to hydrolysis) is 1. The molecule has 2 heterocycles. The molecule has 0 aliphatic heterocycles. The van der Waals surface area contributed by atoms with E-state index in [2.05, 4.69) is 16.5 Å². The van der Waals surface area contributed by atoms with Crippen molar-refractivity contribution < 1.29 is 14.3 Å². The van der Waals surface area contributed by atoms with Gasteiger partial charge in [-0.25, -0.2) is 9.48 Å². The molecule has 7 heteroatoms. The van der Waals surface area contributed by atoms with Gasteiger partial charge in [-0.05, 0) is 63.4 Å². The normalized spacial score (nSPS) is 16.3. The Morgan fingerprint density at radius 1 is 1.28 bits per heavy atom. The average molecular weight is 394 g/mol. The van der Waals surface area contributed by atoms with Gasteiger partial charge >= 0.3 is 6.09 Å². The molecule has 0 spiro atoms. The third kappa shape index (κ3) is 4.18. The van der Waals surface area contributed by atoms with Crippen LogP contribution in [-0.2, 0) is 17.6 Å². The van der Waals surface area contributed by atoms with Crippen molar-refractivity contribution in [3.05, 3.63) is 47.9 Å². The molecule has 1 amide bonds. The summed E-state index contributed by atoms with van der Waals surface area (Å²) in [4.78, 5) is 16.5. The first-order valence-corrected chi connectivity index (χ1v) is 9.82. The van der Waals surface area contributed by atoms with E-state index in [1.165, 1.54) is 5.56 Å². The van der Waals surface area contributed by atoms with Crippen LogP contribution in [0.2, 0.25) is 0 Å². The molecule has 4 rings (SSSR count).